The molecule has 0 radical (unpaired) electrons. The van der Waals surface area contributed by atoms with E-state index in [2.05, 4.69) is 25.5 Å². The van der Waals surface area contributed by atoms with E-state index in [1.807, 2.05) is 0 Å². The third kappa shape index (κ3) is 3.98. The highest BCUT2D eigenvalue weighted by atomic mass is 35.5. The lowest BCUT2D eigenvalue weighted by atomic mass is 10.1. The zero-order valence-electron chi connectivity index (χ0n) is 13.7. The van der Waals surface area contributed by atoms with Crippen LogP contribution in [0.4, 0.5) is 6.01 Å². The summed E-state index contributed by atoms with van der Waals surface area (Å²) in [7, 11) is 0. The lowest BCUT2D eigenvalue weighted by molar-refractivity contribution is 0.0488. The van der Waals surface area contributed by atoms with Gasteiger partial charge < -0.3 is 9.52 Å². The predicted octanol–water partition coefficient (Wildman–Crippen LogP) is 3.31. The highest BCUT2D eigenvalue weighted by Crippen LogP contribution is 2.27. The molecule has 1 amide bonds. The Kier molecular flexibility index (Phi) is 4.90. The molecule has 0 atom stereocenters. The first-order valence-corrected chi connectivity index (χ1v) is 8.15. The Morgan fingerprint density at radius 1 is 1.15 bits per heavy atom. The van der Waals surface area contributed by atoms with Crippen LogP contribution in [-0.4, -0.2) is 31.2 Å². The van der Waals surface area contributed by atoms with Crippen LogP contribution < -0.4 is 5.32 Å². The quantitative estimate of drug-likeness (QED) is 0.698. The molecule has 2 N–H and O–H groups in total. The number of aromatic nitrogens is 4. The summed E-state index contributed by atoms with van der Waals surface area (Å²) in [6.45, 7) is 2.97. The summed E-state index contributed by atoms with van der Waals surface area (Å²) in [5.41, 5.74) is -0.0557. The topological polar surface area (TPSA) is 114 Å². The Hall–Kier alpha value is -2.55. The van der Waals surface area contributed by atoms with E-state index >= 15 is 0 Å². The molecule has 134 valence electrons. The monoisotopic (exact) mass is 393 g/mol. The summed E-state index contributed by atoms with van der Waals surface area (Å²) in [6, 6.07) is 6.34. The summed E-state index contributed by atoms with van der Waals surface area (Å²) in [6.07, 6.45) is 1.25. The number of nitrogens with one attached hydrogen (secondary N) is 1. The molecule has 0 saturated carbocycles. The van der Waals surface area contributed by atoms with E-state index in [1.165, 1.54) is 26.2 Å². The molecule has 0 aliphatic heterocycles. The zero-order chi connectivity index (χ0) is 18.9. The van der Waals surface area contributed by atoms with Gasteiger partial charge in [0.25, 0.3) is 5.91 Å². The molecular formula is C16H13Cl2N5O3. The molecule has 0 saturated heterocycles. The minimum absolute atomic E-state index is 0.0213. The third-order valence-corrected chi connectivity index (χ3v) is 4.02. The van der Waals surface area contributed by atoms with Crippen LogP contribution in [0.2, 0.25) is 10.0 Å². The van der Waals surface area contributed by atoms with Crippen molar-refractivity contribution in [3.63, 3.8) is 0 Å². The lowest BCUT2D eigenvalue weighted by Crippen LogP contribution is -2.16. The summed E-state index contributed by atoms with van der Waals surface area (Å²) < 4.78 is 5.20. The van der Waals surface area contributed by atoms with E-state index in [0.717, 1.165) is 0 Å². The second-order valence-corrected chi connectivity index (χ2v) is 6.66. The van der Waals surface area contributed by atoms with E-state index in [1.54, 1.807) is 18.2 Å². The molecule has 2 aromatic heterocycles. The molecule has 3 rings (SSSR count). The van der Waals surface area contributed by atoms with E-state index in [9.17, 15) is 9.90 Å². The van der Waals surface area contributed by atoms with Crippen molar-refractivity contribution < 1.29 is 14.3 Å². The normalized spacial score (nSPS) is 11.4. The van der Waals surface area contributed by atoms with Crippen molar-refractivity contribution in [3.05, 3.63) is 52.2 Å². The molecule has 2 heterocycles. The number of rotatable bonds is 4. The van der Waals surface area contributed by atoms with Crippen molar-refractivity contribution >= 4 is 35.1 Å². The van der Waals surface area contributed by atoms with Crippen LogP contribution in [0.25, 0.3) is 11.3 Å². The van der Waals surface area contributed by atoms with Gasteiger partial charge in [-0.1, -0.05) is 34.4 Å². The molecule has 26 heavy (non-hydrogen) atoms. The average molecular weight is 394 g/mol. The Morgan fingerprint density at radius 2 is 1.92 bits per heavy atom. The van der Waals surface area contributed by atoms with Crippen LogP contribution in [0.15, 0.2) is 35.0 Å². The van der Waals surface area contributed by atoms with Crippen LogP contribution in [0.1, 0.15) is 30.2 Å². The molecule has 0 aliphatic rings. The molecule has 0 spiro atoms. The standard InChI is InChI=1S/C16H13Cl2N5O3/c1-16(2,25)14-22-23-15(26-14)21-13(24)12-6-11(19-7-20-12)8-3-4-9(17)10(18)5-8/h3-7,25H,1-2H3,(H,21,23,24). The average Bonchev–Trinajstić information content (AvgIpc) is 3.06. The first kappa shape index (κ1) is 18.2. The van der Waals surface area contributed by atoms with Gasteiger partial charge in [0.15, 0.2) is 0 Å². The molecule has 8 nitrogen and oxygen atoms in total. The minimum atomic E-state index is -1.31. The number of carbonyl (C=O) groups is 1. The highest BCUT2D eigenvalue weighted by molar-refractivity contribution is 6.42. The summed E-state index contributed by atoms with van der Waals surface area (Å²) >= 11 is 11.9. The SMILES string of the molecule is CC(C)(O)c1nnc(NC(=O)c2cc(-c3ccc(Cl)c(Cl)c3)ncn2)o1. The van der Waals surface area contributed by atoms with Crippen molar-refractivity contribution in [1.29, 1.82) is 0 Å². The number of aliphatic hydroxyl groups is 1. The maximum Gasteiger partial charge on any atom is 0.322 e. The smallest absolute Gasteiger partial charge is 0.322 e. The Bertz CT molecular complexity index is 969. The Labute approximate surface area is 158 Å². The van der Waals surface area contributed by atoms with Gasteiger partial charge in [-0.2, -0.15) is 0 Å². The van der Waals surface area contributed by atoms with Gasteiger partial charge in [0.05, 0.1) is 15.7 Å². The van der Waals surface area contributed by atoms with Crippen LogP contribution in [-0.2, 0) is 5.60 Å². The number of hydrogen-bond donors (Lipinski definition) is 2. The van der Waals surface area contributed by atoms with Crippen LogP contribution in [0.3, 0.4) is 0 Å². The van der Waals surface area contributed by atoms with Gasteiger partial charge >= 0.3 is 6.01 Å². The van der Waals surface area contributed by atoms with E-state index in [0.29, 0.717) is 21.3 Å². The third-order valence-electron chi connectivity index (χ3n) is 3.28. The minimum Gasteiger partial charge on any atom is -0.405 e. The first-order chi connectivity index (χ1) is 12.2. The van der Waals surface area contributed by atoms with Crippen LogP contribution in [0.5, 0.6) is 0 Å². The van der Waals surface area contributed by atoms with Gasteiger partial charge in [0.1, 0.15) is 17.6 Å². The van der Waals surface area contributed by atoms with Crippen LogP contribution >= 0.6 is 23.2 Å². The molecule has 0 aliphatic carbocycles. The molecule has 0 bridgehead atoms. The number of benzene rings is 1. The Morgan fingerprint density at radius 3 is 2.58 bits per heavy atom. The summed E-state index contributed by atoms with van der Waals surface area (Å²) in [5, 5.41) is 20.4. The maximum absolute atomic E-state index is 12.3. The molecule has 0 unspecified atom stereocenters. The van der Waals surface area contributed by atoms with Gasteiger partial charge in [0, 0.05) is 5.56 Å². The number of anilines is 1. The van der Waals surface area contributed by atoms with E-state index in [-0.39, 0.29) is 17.6 Å². The fourth-order valence-electron chi connectivity index (χ4n) is 1.98. The van der Waals surface area contributed by atoms with Gasteiger partial charge in [-0.05, 0) is 32.0 Å². The van der Waals surface area contributed by atoms with Gasteiger partial charge in [-0.15, -0.1) is 5.10 Å². The fourth-order valence-corrected chi connectivity index (χ4v) is 2.28. The molecular weight excluding hydrogens is 381 g/mol. The van der Waals surface area contributed by atoms with Crippen molar-refractivity contribution in [3.8, 4) is 11.3 Å². The van der Waals surface area contributed by atoms with Gasteiger partial charge in [0.2, 0.25) is 5.89 Å². The van der Waals surface area contributed by atoms with Crippen LogP contribution in [0, 0.1) is 0 Å². The second-order valence-electron chi connectivity index (χ2n) is 5.84. The molecule has 3 aromatic rings. The largest absolute Gasteiger partial charge is 0.405 e. The van der Waals surface area contributed by atoms with Crippen molar-refractivity contribution in [2.45, 2.75) is 19.4 Å². The first-order valence-electron chi connectivity index (χ1n) is 7.39. The second kappa shape index (κ2) is 6.99. The zero-order valence-corrected chi connectivity index (χ0v) is 15.2. The highest BCUT2D eigenvalue weighted by Gasteiger charge is 2.24. The number of carbonyl (C=O) groups excluding carboxylic acids is 1. The van der Waals surface area contributed by atoms with Crippen molar-refractivity contribution in [2.75, 3.05) is 5.32 Å². The molecule has 0 fully saturated rings. The lowest BCUT2D eigenvalue weighted by Gasteiger charge is -2.09. The Balaban J connectivity index is 1.82. The number of hydrogen-bond acceptors (Lipinski definition) is 7. The predicted molar refractivity (Wildman–Crippen MR) is 95.0 cm³/mol. The molecule has 1 aromatic carbocycles. The summed E-state index contributed by atoms with van der Waals surface area (Å²) in [5.74, 6) is -0.591. The number of amides is 1. The maximum atomic E-state index is 12.3. The van der Waals surface area contributed by atoms with Crippen molar-refractivity contribution in [2.24, 2.45) is 0 Å². The van der Waals surface area contributed by atoms with Crippen molar-refractivity contribution in [1.82, 2.24) is 20.2 Å². The molecule has 10 heteroatoms. The summed E-state index contributed by atoms with van der Waals surface area (Å²) in [4.78, 5) is 20.4. The number of nitrogens with zero attached hydrogens (tertiary/aromatic N) is 4. The number of halogens is 2. The van der Waals surface area contributed by atoms with Gasteiger partial charge in [-0.3, -0.25) is 10.1 Å². The van der Waals surface area contributed by atoms with E-state index < -0.39 is 11.5 Å². The van der Waals surface area contributed by atoms with Gasteiger partial charge in [-0.25, -0.2) is 9.97 Å². The van der Waals surface area contributed by atoms with E-state index in [4.69, 9.17) is 27.6 Å². The fraction of sp³-hybridized carbons (Fsp3) is 0.188.